The van der Waals surface area contributed by atoms with E-state index in [0.717, 1.165) is 44.5 Å². The maximum atomic E-state index is 11.9. The van der Waals surface area contributed by atoms with Crippen LogP contribution < -0.4 is 10.6 Å². The molecule has 2 N–H and O–H groups in total. The third kappa shape index (κ3) is 3.10. The van der Waals surface area contributed by atoms with Crippen molar-refractivity contribution < 1.29 is 9.59 Å². The maximum Gasteiger partial charge on any atom is 0.321 e. The minimum Gasteiger partial charge on any atom is -0.349 e. The number of carbonyl (C=O) groups is 2. The molecule has 1 heterocycles. The van der Waals surface area contributed by atoms with E-state index in [-0.39, 0.29) is 11.9 Å². The Bertz CT molecular complexity index is 502. The van der Waals surface area contributed by atoms with Gasteiger partial charge in [0.1, 0.15) is 0 Å². The molecule has 1 aromatic carbocycles. The number of urea groups is 1. The standard InChI is InChI=1S/C15H19N3O2/c19-14(16-12-7-8-12)11-3-5-13(6-4-11)17-15(20)18-9-1-2-10-18/h3-6,12H,1-2,7-10H2,(H,16,19)(H,17,20). The molecule has 0 unspecified atom stereocenters. The van der Waals surface area contributed by atoms with Gasteiger partial charge in [-0.05, 0) is 49.9 Å². The topological polar surface area (TPSA) is 61.4 Å². The molecule has 1 aliphatic carbocycles. The first-order valence-electron chi connectivity index (χ1n) is 7.19. The van der Waals surface area contributed by atoms with E-state index in [1.807, 2.05) is 4.90 Å². The first kappa shape index (κ1) is 13.0. The minimum atomic E-state index is -0.0577. The van der Waals surface area contributed by atoms with Crippen LogP contribution >= 0.6 is 0 Å². The lowest BCUT2D eigenvalue weighted by Gasteiger charge is -2.16. The summed E-state index contributed by atoms with van der Waals surface area (Å²) in [5.74, 6) is -0.0371. The second-order valence-corrected chi connectivity index (χ2v) is 5.45. The third-order valence-electron chi connectivity index (χ3n) is 3.70. The molecule has 0 spiro atoms. The zero-order valence-corrected chi connectivity index (χ0v) is 11.4. The number of carbonyl (C=O) groups excluding carboxylic acids is 2. The summed E-state index contributed by atoms with van der Waals surface area (Å²) < 4.78 is 0. The molecule has 0 aromatic heterocycles. The van der Waals surface area contributed by atoms with Crippen molar-refractivity contribution in [3.8, 4) is 0 Å². The smallest absolute Gasteiger partial charge is 0.321 e. The van der Waals surface area contributed by atoms with Crippen LogP contribution in [0.4, 0.5) is 10.5 Å². The Morgan fingerprint density at radius 2 is 1.70 bits per heavy atom. The van der Waals surface area contributed by atoms with E-state index in [1.165, 1.54) is 0 Å². The number of benzene rings is 1. The van der Waals surface area contributed by atoms with E-state index in [1.54, 1.807) is 24.3 Å². The summed E-state index contributed by atoms with van der Waals surface area (Å²) in [4.78, 5) is 25.6. The molecular weight excluding hydrogens is 254 g/mol. The second kappa shape index (κ2) is 5.53. The van der Waals surface area contributed by atoms with Gasteiger partial charge in [-0.1, -0.05) is 0 Å². The molecule has 2 aliphatic rings. The van der Waals surface area contributed by atoms with Crippen molar-refractivity contribution in [2.45, 2.75) is 31.7 Å². The lowest BCUT2D eigenvalue weighted by molar-refractivity contribution is 0.0951. The summed E-state index contributed by atoms with van der Waals surface area (Å²) in [5, 5.41) is 5.80. The number of hydrogen-bond donors (Lipinski definition) is 2. The number of hydrogen-bond acceptors (Lipinski definition) is 2. The molecule has 1 saturated carbocycles. The fraction of sp³-hybridized carbons (Fsp3) is 0.467. The first-order valence-corrected chi connectivity index (χ1v) is 7.19. The van der Waals surface area contributed by atoms with Gasteiger partial charge in [-0.3, -0.25) is 4.79 Å². The SMILES string of the molecule is O=C(NC1CC1)c1ccc(NC(=O)N2CCCC2)cc1. The average molecular weight is 273 g/mol. The summed E-state index contributed by atoms with van der Waals surface area (Å²) >= 11 is 0. The first-order chi connectivity index (χ1) is 9.72. The molecule has 20 heavy (non-hydrogen) atoms. The van der Waals surface area contributed by atoms with Crippen LogP contribution in [-0.4, -0.2) is 36.0 Å². The molecule has 0 bridgehead atoms. The van der Waals surface area contributed by atoms with Crippen LogP contribution in [0.25, 0.3) is 0 Å². The highest BCUT2D eigenvalue weighted by molar-refractivity contribution is 5.95. The molecular formula is C15H19N3O2. The van der Waals surface area contributed by atoms with Gasteiger partial charge in [0.2, 0.25) is 0 Å². The van der Waals surface area contributed by atoms with Crippen LogP contribution in [0.2, 0.25) is 0 Å². The summed E-state index contributed by atoms with van der Waals surface area (Å²) in [6.45, 7) is 1.65. The normalized spacial score (nSPS) is 17.9. The van der Waals surface area contributed by atoms with Gasteiger partial charge >= 0.3 is 6.03 Å². The van der Waals surface area contributed by atoms with Gasteiger partial charge in [-0.15, -0.1) is 0 Å². The van der Waals surface area contributed by atoms with Crippen molar-refractivity contribution in [3.05, 3.63) is 29.8 Å². The highest BCUT2D eigenvalue weighted by atomic mass is 16.2. The molecule has 1 aliphatic heterocycles. The molecule has 3 rings (SSSR count). The number of amides is 3. The van der Waals surface area contributed by atoms with Gasteiger partial charge in [-0.2, -0.15) is 0 Å². The Morgan fingerprint density at radius 3 is 2.30 bits per heavy atom. The Morgan fingerprint density at radius 1 is 1.05 bits per heavy atom. The monoisotopic (exact) mass is 273 g/mol. The summed E-state index contributed by atoms with van der Waals surface area (Å²) in [6.07, 6.45) is 4.31. The van der Waals surface area contributed by atoms with E-state index in [4.69, 9.17) is 0 Å². The molecule has 5 nitrogen and oxygen atoms in total. The Hall–Kier alpha value is -2.04. The Labute approximate surface area is 118 Å². The molecule has 2 fully saturated rings. The zero-order valence-electron chi connectivity index (χ0n) is 11.4. The molecule has 1 aromatic rings. The molecule has 106 valence electrons. The van der Waals surface area contributed by atoms with Gasteiger partial charge in [0.05, 0.1) is 0 Å². The zero-order chi connectivity index (χ0) is 13.9. The molecule has 5 heteroatoms. The van der Waals surface area contributed by atoms with E-state index in [9.17, 15) is 9.59 Å². The minimum absolute atomic E-state index is 0.0371. The van der Waals surface area contributed by atoms with Crippen molar-refractivity contribution in [1.82, 2.24) is 10.2 Å². The van der Waals surface area contributed by atoms with Gasteiger partial charge in [-0.25, -0.2) is 4.79 Å². The summed E-state index contributed by atoms with van der Waals surface area (Å²) in [6, 6.07) is 7.34. The molecule has 0 atom stereocenters. The largest absolute Gasteiger partial charge is 0.349 e. The van der Waals surface area contributed by atoms with Crippen molar-refractivity contribution in [1.29, 1.82) is 0 Å². The van der Waals surface area contributed by atoms with Gasteiger partial charge in [0.15, 0.2) is 0 Å². The van der Waals surface area contributed by atoms with Gasteiger partial charge < -0.3 is 15.5 Å². The predicted molar refractivity (Wildman–Crippen MR) is 76.8 cm³/mol. The lowest BCUT2D eigenvalue weighted by Crippen LogP contribution is -2.32. The average Bonchev–Trinajstić information content (AvgIpc) is 3.08. The van der Waals surface area contributed by atoms with E-state index in [0.29, 0.717) is 11.6 Å². The maximum absolute atomic E-state index is 11.9. The quantitative estimate of drug-likeness (QED) is 0.887. The van der Waals surface area contributed by atoms with Crippen molar-refractivity contribution in [2.24, 2.45) is 0 Å². The summed E-state index contributed by atoms with van der Waals surface area (Å²) in [7, 11) is 0. The Kier molecular flexibility index (Phi) is 3.58. The predicted octanol–water partition coefficient (Wildman–Crippen LogP) is 2.21. The van der Waals surface area contributed by atoms with Crippen molar-refractivity contribution in [2.75, 3.05) is 18.4 Å². The van der Waals surface area contributed by atoms with Gasteiger partial charge in [0, 0.05) is 30.4 Å². The number of nitrogens with one attached hydrogen (secondary N) is 2. The number of anilines is 1. The second-order valence-electron chi connectivity index (χ2n) is 5.45. The lowest BCUT2D eigenvalue weighted by atomic mass is 10.2. The highest BCUT2D eigenvalue weighted by Crippen LogP contribution is 2.20. The number of rotatable bonds is 3. The van der Waals surface area contributed by atoms with E-state index >= 15 is 0 Å². The molecule has 3 amide bonds. The molecule has 1 saturated heterocycles. The van der Waals surface area contributed by atoms with Crippen LogP contribution in [0.3, 0.4) is 0 Å². The number of likely N-dealkylation sites (tertiary alicyclic amines) is 1. The fourth-order valence-electron chi connectivity index (χ4n) is 2.32. The van der Waals surface area contributed by atoms with Crippen LogP contribution in [0, 0.1) is 0 Å². The summed E-state index contributed by atoms with van der Waals surface area (Å²) in [5.41, 5.74) is 1.36. The van der Waals surface area contributed by atoms with Crippen LogP contribution in [0.1, 0.15) is 36.0 Å². The van der Waals surface area contributed by atoms with E-state index in [2.05, 4.69) is 10.6 Å². The van der Waals surface area contributed by atoms with Gasteiger partial charge in [0.25, 0.3) is 5.91 Å². The van der Waals surface area contributed by atoms with Crippen LogP contribution in [-0.2, 0) is 0 Å². The van der Waals surface area contributed by atoms with Crippen molar-refractivity contribution in [3.63, 3.8) is 0 Å². The molecule has 0 radical (unpaired) electrons. The van der Waals surface area contributed by atoms with E-state index < -0.39 is 0 Å². The van der Waals surface area contributed by atoms with Crippen LogP contribution in [0.5, 0.6) is 0 Å². The third-order valence-corrected chi connectivity index (χ3v) is 3.70. The fourth-order valence-corrected chi connectivity index (χ4v) is 2.32. The highest BCUT2D eigenvalue weighted by Gasteiger charge is 2.23. The number of nitrogens with zero attached hydrogens (tertiary/aromatic N) is 1. The van der Waals surface area contributed by atoms with Crippen LogP contribution in [0.15, 0.2) is 24.3 Å². The van der Waals surface area contributed by atoms with Crippen molar-refractivity contribution >= 4 is 17.6 Å². The Balaban J connectivity index is 1.57.